The second-order valence-corrected chi connectivity index (χ2v) is 4.99. The molecule has 0 spiro atoms. The summed E-state index contributed by atoms with van der Waals surface area (Å²) in [5.41, 5.74) is 6.40. The zero-order valence-electron chi connectivity index (χ0n) is 12.8. The van der Waals surface area contributed by atoms with Gasteiger partial charge in [-0.2, -0.15) is 4.98 Å². The molecule has 0 unspecified atom stereocenters. The van der Waals surface area contributed by atoms with Crippen LogP contribution in [0.5, 0.6) is 5.88 Å². The van der Waals surface area contributed by atoms with Crippen molar-refractivity contribution in [3.8, 4) is 5.88 Å². The fraction of sp³-hybridized carbons (Fsp3) is 0.667. The minimum Gasteiger partial charge on any atom is -0.476 e. The first kappa shape index (κ1) is 16.6. The van der Waals surface area contributed by atoms with Crippen molar-refractivity contribution in [1.82, 2.24) is 4.98 Å². The summed E-state index contributed by atoms with van der Waals surface area (Å²) in [6.07, 6.45) is 3.33. The summed E-state index contributed by atoms with van der Waals surface area (Å²) in [5.74, 6) is 1.31. The Bertz CT molecular complexity index is 383. The molecule has 1 rings (SSSR count). The Morgan fingerprint density at radius 3 is 2.75 bits per heavy atom. The lowest BCUT2D eigenvalue weighted by molar-refractivity contribution is 0.0765. The van der Waals surface area contributed by atoms with Gasteiger partial charge in [0, 0.05) is 13.2 Å². The molecule has 0 amide bonds. The summed E-state index contributed by atoms with van der Waals surface area (Å²) in [5, 5.41) is 3.27. The van der Waals surface area contributed by atoms with Gasteiger partial charge in [0.1, 0.15) is 5.82 Å². The number of hydrogen-bond donors (Lipinski definition) is 2. The van der Waals surface area contributed by atoms with Crippen molar-refractivity contribution in [1.29, 1.82) is 0 Å². The average Bonchev–Trinajstić information content (AvgIpc) is 2.42. The fourth-order valence-electron chi connectivity index (χ4n) is 1.63. The molecule has 0 aliphatic rings. The van der Waals surface area contributed by atoms with Gasteiger partial charge in [-0.1, -0.05) is 6.92 Å². The Hall–Kier alpha value is -1.49. The maximum absolute atomic E-state index is 5.82. The van der Waals surface area contributed by atoms with Gasteiger partial charge in [0.25, 0.3) is 0 Å². The van der Waals surface area contributed by atoms with Crippen LogP contribution in [0.25, 0.3) is 0 Å². The number of nitrogen functional groups attached to an aromatic ring is 1. The molecular formula is C15H27N3O2. The van der Waals surface area contributed by atoms with E-state index >= 15 is 0 Å². The fourth-order valence-corrected chi connectivity index (χ4v) is 1.63. The molecule has 0 atom stereocenters. The van der Waals surface area contributed by atoms with E-state index in [0.29, 0.717) is 24.3 Å². The van der Waals surface area contributed by atoms with E-state index in [-0.39, 0.29) is 0 Å². The number of anilines is 2. The number of pyridine rings is 1. The van der Waals surface area contributed by atoms with E-state index in [2.05, 4.69) is 17.2 Å². The minimum absolute atomic E-state index is 0.306. The first-order valence-electron chi connectivity index (χ1n) is 7.38. The van der Waals surface area contributed by atoms with Crippen LogP contribution in [0.3, 0.4) is 0 Å². The molecule has 1 heterocycles. The molecular weight excluding hydrogens is 254 g/mol. The number of rotatable bonds is 10. The molecule has 5 heteroatoms. The van der Waals surface area contributed by atoms with Crippen LogP contribution in [0.1, 0.15) is 40.0 Å². The highest BCUT2D eigenvalue weighted by molar-refractivity contribution is 5.53. The van der Waals surface area contributed by atoms with Gasteiger partial charge in [-0.3, -0.25) is 0 Å². The average molecular weight is 281 g/mol. The molecule has 0 saturated carbocycles. The van der Waals surface area contributed by atoms with Crippen molar-refractivity contribution in [2.24, 2.45) is 0 Å². The Morgan fingerprint density at radius 2 is 2.05 bits per heavy atom. The number of nitrogens with two attached hydrogens (primary N) is 1. The van der Waals surface area contributed by atoms with E-state index in [9.17, 15) is 0 Å². The van der Waals surface area contributed by atoms with Crippen LogP contribution in [-0.2, 0) is 4.74 Å². The highest BCUT2D eigenvalue weighted by Crippen LogP contribution is 2.20. The highest BCUT2D eigenvalue weighted by atomic mass is 16.5. The van der Waals surface area contributed by atoms with Gasteiger partial charge in [-0.05, 0) is 45.2 Å². The van der Waals surface area contributed by atoms with E-state index in [1.165, 1.54) is 0 Å². The van der Waals surface area contributed by atoms with Crippen molar-refractivity contribution in [3.63, 3.8) is 0 Å². The highest BCUT2D eigenvalue weighted by Gasteiger charge is 2.03. The molecule has 0 aliphatic heterocycles. The van der Waals surface area contributed by atoms with E-state index in [4.69, 9.17) is 15.2 Å². The lowest BCUT2D eigenvalue weighted by Crippen LogP contribution is -2.08. The lowest BCUT2D eigenvalue weighted by atomic mass is 10.3. The Labute approximate surface area is 121 Å². The first-order valence-corrected chi connectivity index (χ1v) is 7.38. The van der Waals surface area contributed by atoms with Crippen LogP contribution in [0.15, 0.2) is 12.1 Å². The van der Waals surface area contributed by atoms with Gasteiger partial charge in [-0.15, -0.1) is 0 Å². The molecule has 0 radical (unpaired) electrons. The van der Waals surface area contributed by atoms with Crippen LogP contribution >= 0.6 is 0 Å². The summed E-state index contributed by atoms with van der Waals surface area (Å²) >= 11 is 0. The van der Waals surface area contributed by atoms with Crippen molar-refractivity contribution >= 4 is 11.5 Å². The van der Waals surface area contributed by atoms with Crippen LogP contribution < -0.4 is 15.8 Å². The van der Waals surface area contributed by atoms with Crippen LogP contribution in [0, 0.1) is 0 Å². The molecule has 20 heavy (non-hydrogen) atoms. The van der Waals surface area contributed by atoms with Crippen molar-refractivity contribution in [2.75, 3.05) is 30.8 Å². The molecule has 0 fully saturated rings. The second kappa shape index (κ2) is 9.42. The van der Waals surface area contributed by atoms with Crippen molar-refractivity contribution in [3.05, 3.63) is 12.1 Å². The number of ether oxygens (including phenoxy) is 2. The summed E-state index contributed by atoms with van der Waals surface area (Å²) in [6, 6.07) is 3.70. The van der Waals surface area contributed by atoms with Gasteiger partial charge in [0.05, 0.1) is 18.4 Å². The zero-order valence-corrected chi connectivity index (χ0v) is 12.8. The maximum atomic E-state index is 5.82. The van der Waals surface area contributed by atoms with E-state index < -0.39 is 0 Å². The standard InChI is InChI=1S/C15H27N3O2/c1-4-10-20-15-13(16)7-8-14(18-15)17-9-5-6-11-19-12(2)3/h7-8,12H,4-6,9-11,16H2,1-3H3,(H,17,18). The van der Waals surface area contributed by atoms with Crippen LogP contribution in [0.2, 0.25) is 0 Å². The summed E-state index contributed by atoms with van der Waals surface area (Å²) in [7, 11) is 0. The topological polar surface area (TPSA) is 69.4 Å². The molecule has 0 bridgehead atoms. The second-order valence-electron chi connectivity index (χ2n) is 4.99. The predicted molar refractivity (Wildman–Crippen MR) is 83.2 cm³/mol. The molecule has 114 valence electrons. The number of nitrogens with zero attached hydrogens (tertiary/aromatic N) is 1. The first-order chi connectivity index (χ1) is 9.63. The Balaban J connectivity index is 2.29. The smallest absolute Gasteiger partial charge is 0.239 e. The van der Waals surface area contributed by atoms with Crippen molar-refractivity contribution in [2.45, 2.75) is 46.1 Å². The quantitative estimate of drug-likeness (QED) is 0.645. The SMILES string of the molecule is CCCOc1nc(NCCCCOC(C)C)ccc1N. The third-order valence-corrected chi connectivity index (χ3v) is 2.66. The summed E-state index contributed by atoms with van der Waals surface area (Å²) in [4.78, 5) is 4.37. The van der Waals surface area contributed by atoms with E-state index in [0.717, 1.165) is 38.2 Å². The molecule has 0 aliphatic carbocycles. The Morgan fingerprint density at radius 1 is 1.25 bits per heavy atom. The van der Waals surface area contributed by atoms with Crippen LogP contribution in [0.4, 0.5) is 11.5 Å². The van der Waals surface area contributed by atoms with Gasteiger partial charge >= 0.3 is 0 Å². The molecule has 1 aromatic rings. The molecule has 0 saturated heterocycles. The third kappa shape index (κ3) is 6.61. The molecule has 1 aromatic heterocycles. The van der Waals surface area contributed by atoms with Crippen LogP contribution in [-0.4, -0.2) is 30.8 Å². The molecule has 3 N–H and O–H groups in total. The van der Waals surface area contributed by atoms with Crippen molar-refractivity contribution < 1.29 is 9.47 Å². The molecule has 5 nitrogen and oxygen atoms in total. The van der Waals surface area contributed by atoms with Gasteiger partial charge in [0.15, 0.2) is 0 Å². The van der Waals surface area contributed by atoms with E-state index in [1.54, 1.807) is 0 Å². The number of aromatic nitrogens is 1. The number of nitrogens with one attached hydrogen (secondary N) is 1. The number of unbranched alkanes of at least 4 members (excludes halogenated alkanes) is 1. The van der Waals surface area contributed by atoms with Gasteiger partial charge in [-0.25, -0.2) is 0 Å². The zero-order chi connectivity index (χ0) is 14.8. The largest absolute Gasteiger partial charge is 0.476 e. The predicted octanol–water partition coefficient (Wildman–Crippen LogP) is 3.07. The van der Waals surface area contributed by atoms with Gasteiger partial charge in [0.2, 0.25) is 5.88 Å². The normalized spacial score (nSPS) is 10.8. The van der Waals surface area contributed by atoms with E-state index in [1.807, 2.05) is 26.0 Å². The van der Waals surface area contributed by atoms with Gasteiger partial charge < -0.3 is 20.5 Å². The lowest BCUT2D eigenvalue weighted by Gasteiger charge is -2.11. The minimum atomic E-state index is 0.306. The third-order valence-electron chi connectivity index (χ3n) is 2.66. The summed E-state index contributed by atoms with van der Waals surface area (Å²) in [6.45, 7) is 8.46. The maximum Gasteiger partial charge on any atom is 0.239 e. The Kier molecular flexibility index (Phi) is 7.80. The number of hydrogen-bond acceptors (Lipinski definition) is 5. The summed E-state index contributed by atoms with van der Waals surface area (Å²) < 4.78 is 11.0. The monoisotopic (exact) mass is 281 g/mol. The molecule has 0 aromatic carbocycles.